The summed E-state index contributed by atoms with van der Waals surface area (Å²) in [5.74, 6) is -0.230. The highest BCUT2D eigenvalue weighted by molar-refractivity contribution is 7.22. The number of hydrogen-bond acceptors (Lipinski definition) is 6. The molecule has 0 fully saturated rings. The Bertz CT molecular complexity index is 1150. The number of hydrogen-bond donors (Lipinski definition) is 0. The van der Waals surface area contributed by atoms with Gasteiger partial charge in [-0.1, -0.05) is 52.9 Å². The Morgan fingerprint density at radius 2 is 1.87 bits per heavy atom. The van der Waals surface area contributed by atoms with Crippen LogP contribution in [-0.2, 0) is 0 Å². The SMILES string of the molecule is CN(C)CCN(C(=O)c1cc(-c2ccccc2)on1)c1nc2c(F)cccc2s1.Cl. The van der Waals surface area contributed by atoms with Gasteiger partial charge in [0.25, 0.3) is 5.91 Å². The summed E-state index contributed by atoms with van der Waals surface area (Å²) in [5.41, 5.74) is 1.28. The van der Waals surface area contributed by atoms with E-state index in [0.29, 0.717) is 28.7 Å². The molecular weight excluding hydrogens is 427 g/mol. The largest absolute Gasteiger partial charge is 0.355 e. The van der Waals surface area contributed by atoms with Gasteiger partial charge in [-0.15, -0.1) is 12.4 Å². The molecule has 0 aliphatic rings. The topological polar surface area (TPSA) is 62.5 Å². The number of halogens is 2. The third-order valence-corrected chi connectivity index (χ3v) is 5.44. The normalized spacial score (nSPS) is 10.9. The summed E-state index contributed by atoms with van der Waals surface area (Å²) in [5, 5.41) is 4.39. The van der Waals surface area contributed by atoms with Crippen LogP contribution in [0.2, 0.25) is 0 Å². The van der Waals surface area contributed by atoms with Gasteiger partial charge in [-0.25, -0.2) is 9.37 Å². The number of carbonyl (C=O) groups is 1. The highest BCUT2D eigenvalue weighted by Crippen LogP contribution is 2.31. The Balaban J connectivity index is 0.00000256. The smallest absolute Gasteiger partial charge is 0.282 e. The average molecular weight is 447 g/mol. The lowest BCUT2D eigenvalue weighted by Crippen LogP contribution is -2.36. The summed E-state index contributed by atoms with van der Waals surface area (Å²) in [6, 6.07) is 15.9. The number of amides is 1. The maximum atomic E-state index is 14.1. The quantitative estimate of drug-likeness (QED) is 0.429. The van der Waals surface area contributed by atoms with Crippen LogP contribution in [0.3, 0.4) is 0 Å². The van der Waals surface area contributed by atoms with E-state index in [1.807, 2.05) is 49.3 Å². The van der Waals surface area contributed by atoms with E-state index in [-0.39, 0.29) is 29.5 Å². The molecule has 156 valence electrons. The van der Waals surface area contributed by atoms with Crippen molar-refractivity contribution in [1.82, 2.24) is 15.0 Å². The van der Waals surface area contributed by atoms with E-state index < -0.39 is 5.82 Å². The van der Waals surface area contributed by atoms with E-state index in [4.69, 9.17) is 4.52 Å². The summed E-state index contributed by atoms with van der Waals surface area (Å²) < 4.78 is 20.2. The number of benzene rings is 2. The van der Waals surface area contributed by atoms with E-state index in [0.717, 1.165) is 5.56 Å². The average Bonchev–Trinajstić information content (AvgIpc) is 3.37. The molecule has 0 spiro atoms. The van der Waals surface area contributed by atoms with Gasteiger partial charge in [-0.3, -0.25) is 9.69 Å². The highest BCUT2D eigenvalue weighted by atomic mass is 35.5. The van der Waals surface area contributed by atoms with Crippen molar-refractivity contribution >= 4 is 45.0 Å². The zero-order chi connectivity index (χ0) is 20.4. The predicted molar refractivity (Wildman–Crippen MR) is 119 cm³/mol. The number of anilines is 1. The summed E-state index contributed by atoms with van der Waals surface area (Å²) in [6.07, 6.45) is 0. The van der Waals surface area contributed by atoms with Gasteiger partial charge in [0.15, 0.2) is 16.6 Å². The number of nitrogens with zero attached hydrogens (tertiary/aromatic N) is 4. The molecule has 1 amide bonds. The van der Waals surface area contributed by atoms with Crippen LogP contribution in [0.1, 0.15) is 10.5 Å². The fourth-order valence-electron chi connectivity index (χ4n) is 2.86. The van der Waals surface area contributed by atoms with Crippen molar-refractivity contribution < 1.29 is 13.7 Å². The zero-order valence-electron chi connectivity index (χ0n) is 16.4. The molecule has 6 nitrogen and oxygen atoms in total. The van der Waals surface area contributed by atoms with Crippen molar-refractivity contribution in [2.24, 2.45) is 0 Å². The van der Waals surface area contributed by atoms with Crippen molar-refractivity contribution in [2.45, 2.75) is 0 Å². The third-order valence-electron chi connectivity index (χ3n) is 4.39. The maximum Gasteiger partial charge on any atom is 0.282 e. The maximum absolute atomic E-state index is 14.1. The molecular formula is C21H20ClFN4O2S. The Kier molecular flexibility index (Phi) is 6.81. The van der Waals surface area contributed by atoms with Gasteiger partial charge < -0.3 is 9.42 Å². The van der Waals surface area contributed by atoms with Crippen molar-refractivity contribution in [1.29, 1.82) is 0 Å². The minimum Gasteiger partial charge on any atom is -0.355 e. The van der Waals surface area contributed by atoms with E-state index in [1.54, 1.807) is 18.2 Å². The molecule has 0 aliphatic heterocycles. The van der Waals surface area contributed by atoms with Gasteiger partial charge in [-0.05, 0) is 26.2 Å². The fraction of sp³-hybridized carbons (Fsp3) is 0.190. The Hall–Kier alpha value is -2.81. The van der Waals surface area contributed by atoms with Crippen molar-refractivity contribution in [3.05, 3.63) is 66.1 Å². The van der Waals surface area contributed by atoms with Crippen LogP contribution in [0.5, 0.6) is 0 Å². The van der Waals surface area contributed by atoms with Crippen LogP contribution < -0.4 is 4.90 Å². The van der Waals surface area contributed by atoms with Gasteiger partial charge in [-0.2, -0.15) is 0 Å². The van der Waals surface area contributed by atoms with Crippen LogP contribution in [0.15, 0.2) is 59.1 Å². The van der Waals surface area contributed by atoms with E-state index in [9.17, 15) is 9.18 Å². The number of rotatable bonds is 6. The first-order valence-electron chi connectivity index (χ1n) is 9.07. The van der Waals surface area contributed by atoms with E-state index in [2.05, 4.69) is 10.1 Å². The molecule has 0 saturated heterocycles. The number of carbonyl (C=O) groups excluding carboxylic acids is 1. The van der Waals surface area contributed by atoms with Gasteiger partial charge >= 0.3 is 0 Å². The number of likely N-dealkylation sites (N-methyl/N-ethyl adjacent to an activating group) is 1. The Labute approximate surface area is 183 Å². The monoisotopic (exact) mass is 446 g/mol. The molecule has 9 heteroatoms. The number of para-hydroxylation sites is 1. The van der Waals surface area contributed by atoms with Gasteiger partial charge in [0.1, 0.15) is 11.3 Å². The highest BCUT2D eigenvalue weighted by Gasteiger charge is 2.25. The lowest BCUT2D eigenvalue weighted by molar-refractivity contribution is 0.0976. The first-order chi connectivity index (χ1) is 14.0. The second-order valence-electron chi connectivity index (χ2n) is 6.79. The molecule has 0 unspecified atom stereocenters. The van der Waals surface area contributed by atoms with Gasteiger partial charge in [0.2, 0.25) is 0 Å². The molecule has 0 N–H and O–H groups in total. The third kappa shape index (κ3) is 4.51. The van der Waals surface area contributed by atoms with Crippen LogP contribution in [0, 0.1) is 5.82 Å². The van der Waals surface area contributed by atoms with Crippen molar-refractivity contribution in [3.63, 3.8) is 0 Å². The molecule has 30 heavy (non-hydrogen) atoms. The van der Waals surface area contributed by atoms with Crippen LogP contribution >= 0.6 is 23.7 Å². The minimum absolute atomic E-state index is 0. The molecule has 0 aliphatic carbocycles. The first kappa shape index (κ1) is 21.9. The lowest BCUT2D eigenvalue weighted by Gasteiger charge is -2.20. The predicted octanol–water partition coefficient (Wildman–Crippen LogP) is 4.72. The lowest BCUT2D eigenvalue weighted by atomic mass is 10.1. The van der Waals surface area contributed by atoms with Crippen molar-refractivity contribution in [3.8, 4) is 11.3 Å². The number of thiazole rings is 1. The second-order valence-corrected chi connectivity index (χ2v) is 7.79. The summed E-state index contributed by atoms with van der Waals surface area (Å²) in [7, 11) is 3.84. The number of aromatic nitrogens is 2. The van der Waals surface area contributed by atoms with Crippen LogP contribution in [0.4, 0.5) is 9.52 Å². The molecule has 0 radical (unpaired) electrons. The van der Waals surface area contributed by atoms with Gasteiger partial charge in [0, 0.05) is 24.7 Å². The summed E-state index contributed by atoms with van der Waals surface area (Å²) in [4.78, 5) is 21.1. The fourth-order valence-corrected chi connectivity index (χ4v) is 3.86. The van der Waals surface area contributed by atoms with Crippen molar-refractivity contribution in [2.75, 3.05) is 32.1 Å². The molecule has 2 aromatic carbocycles. The second kappa shape index (κ2) is 9.34. The summed E-state index contributed by atoms with van der Waals surface area (Å²) in [6.45, 7) is 1.01. The molecule has 4 aromatic rings. The molecule has 0 bridgehead atoms. The molecule has 0 atom stereocenters. The molecule has 2 heterocycles. The van der Waals surface area contributed by atoms with Crippen LogP contribution in [-0.4, -0.2) is 48.1 Å². The first-order valence-corrected chi connectivity index (χ1v) is 9.88. The molecule has 4 rings (SSSR count). The van der Waals surface area contributed by atoms with E-state index in [1.165, 1.54) is 22.3 Å². The molecule has 2 aromatic heterocycles. The standard InChI is InChI=1S/C21H19FN4O2S.ClH/c1-25(2)11-12-26(21-23-19-15(22)9-6-10-18(19)29-21)20(27)16-13-17(28-24-16)14-7-4-3-5-8-14;/h3-10,13H,11-12H2,1-2H3;1H. The minimum atomic E-state index is -0.405. The Morgan fingerprint density at radius 3 is 2.57 bits per heavy atom. The molecule has 0 saturated carbocycles. The Morgan fingerprint density at radius 1 is 1.10 bits per heavy atom. The zero-order valence-corrected chi connectivity index (χ0v) is 18.0. The van der Waals surface area contributed by atoms with Crippen LogP contribution in [0.25, 0.3) is 21.5 Å². The van der Waals surface area contributed by atoms with E-state index >= 15 is 0 Å². The summed E-state index contributed by atoms with van der Waals surface area (Å²) >= 11 is 1.27. The number of fused-ring (bicyclic) bond motifs is 1. The van der Waals surface area contributed by atoms with Gasteiger partial charge in [0.05, 0.1) is 4.70 Å².